The van der Waals surface area contributed by atoms with Gasteiger partial charge in [-0.1, -0.05) is 90.7 Å². The van der Waals surface area contributed by atoms with Crippen LogP contribution in [0.15, 0.2) is 97.3 Å². The highest BCUT2D eigenvalue weighted by atomic mass is 16.5. The number of nitrogens with zero attached hydrogens (tertiary/aromatic N) is 1. The first-order chi connectivity index (χ1) is 17.8. The van der Waals surface area contributed by atoms with Gasteiger partial charge in [0.05, 0.1) is 6.20 Å². The Morgan fingerprint density at radius 2 is 1.58 bits per heavy atom. The van der Waals surface area contributed by atoms with E-state index in [1.54, 1.807) is 12.4 Å². The maximum Gasteiger partial charge on any atom is 0.407 e. The molecular weight excluding hydrogens is 448 g/mol. The summed E-state index contributed by atoms with van der Waals surface area (Å²) in [5.74, 6) is 6.85. The Morgan fingerprint density at radius 1 is 0.889 bits per heavy atom. The van der Waals surface area contributed by atoms with Gasteiger partial charge in [0.2, 0.25) is 0 Å². The van der Waals surface area contributed by atoms with Crippen molar-refractivity contribution in [3.05, 3.63) is 120 Å². The predicted molar refractivity (Wildman–Crippen MR) is 140 cm³/mol. The van der Waals surface area contributed by atoms with E-state index in [1.807, 2.05) is 60.7 Å². The summed E-state index contributed by atoms with van der Waals surface area (Å²) in [4.78, 5) is 16.5. The first-order valence-electron chi connectivity index (χ1n) is 12.0. The molecule has 1 aromatic heterocycles. The van der Waals surface area contributed by atoms with Gasteiger partial charge in [-0.15, -0.1) is 0 Å². The summed E-state index contributed by atoms with van der Waals surface area (Å²) in [5.41, 5.74) is 6.67. The van der Waals surface area contributed by atoms with Crippen molar-refractivity contribution < 1.29 is 14.3 Å². The number of aromatic nitrogens is 1. The van der Waals surface area contributed by atoms with Crippen molar-refractivity contribution >= 4 is 6.09 Å². The number of benzene rings is 3. The van der Waals surface area contributed by atoms with E-state index < -0.39 is 6.09 Å². The number of alkyl carbamates (subject to hydrolysis) is 1. The van der Waals surface area contributed by atoms with Crippen LogP contribution in [0.1, 0.15) is 34.6 Å². The number of hydrogen-bond acceptors (Lipinski definition) is 4. The molecular formula is C31H26N2O3. The molecule has 0 spiro atoms. The third kappa shape index (κ3) is 5.56. The van der Waals surface area contributed by atoms with Gasteiger partial charge >= 0.3 is 6.09 Å². The zero-order valence-electron chi connectivity index (χ0n) is 19.8. The molecule has 1 amide bonds. The molecule has 0 unspecified atom stereocenters. The highest BCUT2D eigenvalue weighted by molar-refractivity contribution is 5.79. The van der Waals surface area contributed by atoms with Gasteiger partial charge in [0.15, 0.2) is 0 Å². The summed E-state index contributed by atoms with van der Waals surface area (Å²) in [6.07, 6.45) is 3.43. The van der Waals surface area contributed by atoms with Crippen LogP contribution in [0.4, 0.5) is 4.79 Å². The van der Waals surface area contributed by atoms with Crippen LogP contribution in [0.2, 0.25) is 0 Å². The van der Waals surface area contributed by atoms with Crippen molar-refractivity contribution in [2.75, 3.05) is 13.2 Å². The largest absolute Gasteiger partial charge is 0.487 e. The lowest BCUT2D eigenvalue weighted by atomic mass is 9.98. The molecule has 0 atom stereocenters. The average molecular weight is 475 g/mol. The molecule has 1 N–H and O–H groups in total. The van der Waals surface area contributed by atoms with Crippen molar-refractivity contribution in [3.8, 4) is 28.7 Å². The van der Waals surface area contributed by atoms with Gasteiger partial charge in [0.1, 0.15) is 19.0 Å². The highest BCUT2D eigenvalue weighted by Gasteiger charge is 2.28. The smallest absolute Gasteiger partial charge is 0.407 e. The molecule has 0 fully saturated rings. The minimum atomic E-state index is -0.434. The Hall–Kier alpha value is -4.56. The minimum absolute atomic E-state index is 0.0480. The first-order valence-corrected chi connectivity index (χ1v) is 12.0. The Balaban J connectivity index is 1.08. The van der Waals surface area contributed by atoms with E-state index in [0.29, 0.717) is 31.9 Å². The Bertz CT molecular complexity index is 1360. The number of carbonyl (C=O) groups is 1. The molecule has 0 saturated carbocycles. The van der Waals surface area contributed by atoms with Crippen LogP contribution in [-0.2, 0) is 11.3 Å². The Morgan fingerprint density at radius 3 is 2.33 bits per heavy atom. The van der Waals surface area contributed by atoms with Crippen molar-refractivity contribution in [3.63, 3.8) is 0 Å². The van der Waals surface area contributed by atoms with Gasteiger partial charge < -0.3 is 14.8 Å². The SMILES string of the molecule is O=C(NCCC#Cc1cncc(OCc2ccccc2)c1)OCC1c2ccccc2-c2ccccc21. The van der Waals surface area contributed by atoms with Gasteiger partial charge in [-0.2, -0.15) is 0 Å². The second kappa shape index (κ2) is 11.2. The monoisotopic (exact) mass is 474 g/mol. The second-order valence-corrected chi connectivity index (χ2v) is 8.49. The topological polar surface area (TPSA) is 60.5 Å². The predicted octanol–water partition coefficient (Wildman–Crippen LogP) is 5.94. The van der Waals surface area contributed by atoms with Crippen molar-refractivity contribution in [1.29, 1.82) is 0 Å². The van der Waals surface area contributed by atoms with Gasteiger partial charge in [-0.05, 0) is 33.9 Å². The molecule has 0 radical (unpaired) electrons. The van der Waals surface area contributed by atoms with Crippen LogP contribution in [0, 0.1) is 11.8 Å². The first kappa shape index (κ1) is 23.2. The van der Waals surface area contributed by atoms with Gasteiger partial charge in [0, 0.05) is 30.6 Å². The van der Waals surface area contributed by atoms with Crippen LogP contribution in [0.25, 0.3) is 11.1 Å². The molecule has 5 rings (SSSR count). The number of nitrogens with one attached hydrogen (secondary N) is 1. The number of amides is 1. The molecule has 178 valence electrons. The van der Waals surface area contributed by atoms with Crippen LogP contribution in [0.3, 0.4) is 0 Å². The zero-order chi connectivity index (χ0) is 24.6. The quantitative estimate of drug-likeness (QED) is 0.266. The number of pyridine rings is 1. The van der Waals surface area contributed by atoms with Gasteiger partial charge in [-0.25, -0.2) is 4.79 Å². The summed E-state index contributed by atoms with van der Waals surface area (Å²) in [6.45, 7) is 1.18. The molecule has 5 heteroatoms. The normalized spacial score (nSPS) is 11.6. The second-order valence-electron chi connectivity index (χ2n) is 8.49. The minimum Gasteiger partial charge on any atom is -0.487 e. The summed E-state index contributed by atoms with van der Waals surface area (Å²) in [5, 5.41) is 2.79. The fraction of sp³-hybridized carbons (Fsp3) is 0.161. The van der Waals surface area contributed by atoms with Crippen LogP contribution < -0.4 is 10.1 Å². The van der Waals surface area contributed by atoms with Gasteiger partial charge in [0.25, 0.3) is 0 Å². The van der Waals surface area contributed by atoms with E-state index >= 15 is 0 Å². The molecule has 0 bridgehead atoms. The van der Waals surface area contributed by atoms with Crippen molar-refractivity contribution in [2.24, 2.45) is 0 Å². The van der Waals surface area contributed by atoms with Crippen molar-refractivity contribution in [1.82, 2.24) is 10.3 Å². The number of hydrogen-bond donors (Lipinski definition) is 1. The van der Waals surface area contributed by atoms with Crippen LogP contribution in [0.5, 0.6) is 5.75 Å². The van der Waals surface area contributed by atoms with Gasteiger partial charge in [-0.3, -0.25) is 4.98 Å². The molecule has 0 aliphatic heterocycles. The summed E-state index contributed by atoms with van der Waals surface area (Å²) >= 11 is 0. The number of rotatable bonds is 7. The molecule has 4 aromatic rings. The third-order valence-electron chi connectivity index (χ3n) is 6.06. The van der Waals surface area contributed by atoms with E-state index in [0.717, 1.165) is 11.1 Å². The summed E-state index contributed by atoms with van der Waals surface area (Å²) in [7, 11) is 0. The fourth-order valence-corrected chi connectivity index (χ4v) is 4.35. The van der Waals surface area contributed by atoms with E-state index in [1.165, 1.54) is 22.3 Å². The number of fused-ring (bicyclic) bond motifs is 3. The van der Waals surface area contributed by atoms with Crippen LogP contribution >= 0.6 is 0 Å². The van der Waals surface area contributed by atoms with E-state index in [-0.39, 0.29) is 5.92 Å². The van der Waals surface area contributed by atoms with Crippen LogP contribution in [-0.4, -0.2) is 24.2 Å². The number of carbonyl (C=O) groups excluding carboxylic acids is 1. The van der Waals surface area contributed by atoms with E-state index in [2.05, 4.69) is 46.4 Å². The molecule has 0 saturated heterocycles. The zero-order valence-corrected chi connectivity index (χ0v) is 19.8. The summed E-state index contributed by atoms with van der Waals surface area (Å²) < 4.78 is 11.4. The Kier molecular flexibility index (Phi) is 7.24. The molecule has 1 heterocycles. The Labute approximate surface area is 211 Å². The lowest BCUT2D eigenvalue weighted by Gasteiger charge is -2.14. The molecule has 5 nitrogen and oxygen atoms in total. The van der Waals surface area contributed by atoms with E-state index in [4.69, 9.17) is 9.47 Å². The van der Waals surface area contributed by atoms with E-state index in [9.17, 15) is 4.79 Å². The molecule has 1 aliphatic rings. The third-order valence-corrected chi connectivity index (χ3v) is 6.06. The lowest BCUT2D eigenvalue weighted by molar-refractivity contribution is 0.143. The standard InChI is InChI=1S/C31H26N2O3/c34-31(36-22-30-28-15-6-4-13-26(28)27-14-5-7-16-29(27)30)33-17-9-8-12-24-18-25(20-32-19-24)35-21-23-10-2-1-3-11-23/h1-7,10-11,13-16,18-20,30H,9,17,21-22H2,(H,33,34). The lowest BCUT2D eigenvalue weighted by Crippen LogP contribution is -2.26. The molecule has 36 heavy (non-hydrogen) atoms. The fourth-order valence-electron chi connectivity index (χ4n) is 4.35. The maximum atomic E-state index is 12.3. The maximum absolute atomic E-state index is 12.3. The van der Waals surface area contributed by atoms with Crippen molar-refractivity contribution in [2.45, 2.75) is 18.9 Å². The highest BCUT2D eigenvalue weighted by Crippen LogP contribution is 2.44. The summed E-state index contributed by atoms with van der Waals surface area (Å²) in [6, 6.07) is 28.4. The molecule has 1 aliphatic carbocycles. The average Bonchev–Trinajstić information content (AvgIpc) is 3.25. The number of ether oxygens (including phenoxy) is 2. The molecule has 3 aromatic carbocycles.